The van der Waals surface area contributed by atoms with Crippen LogP contribution in [-0.2, 0) is 0 Å². The molecule has 3 heterocycles. The fourth-order valence-corrected chi connectivity index (χ4v) is 2.37. The number of hydrogen-bond donors (Lipinski definition) is 1. The van der Waals surface area contributed by atoms with Crippen LogP contribution in [0.5, 0.6) is 0 Å². The van der Waals surface area contributed by atoms with Crippen molar-refractivity contribution in [3.8, 4) is 11.5 Å². The summed E-state index contributed by atoms with van der Waals surface area (Å²) in [5, 5.41) is 11.9. The first-order chi connectivity index (χ1) is 9.24. The van der Waals surface area contributed by atoms with Gasteiger partial charge in [0.25, 0.3) is 0 Å². The van der Waals surface area contributed by atoms with Crippen molar-refractivity contribution in [3.05, 3.63) is 30.0 Å². The Bertz CT molecular complexity index is 543. The van der Waals surface area contributed by atoms with E-state index >= 15 is 0 Å². The number of nitrogens with zero attached hydrogens (tertiary/aromatic N) is 3. The molecule has 0 aromatic carbocycles. The van der Waals surface area contributed by atoms with Gasteiger partial charge in [-0.05, 0) is 44.2 Å². The van der Waals surface area contributed by atoms with Crippen LogP contribution >= 0.6 is 0 Å². The molecule has 5 nitrogen and oxygen atoms in total. The van der Waals surface area contributed by atoms with Gasteiger partial charge in [-0.2, -0.15) is 0 Å². The maximum absolute atomic E-state index is 5.54. The summed E-state index contributed by atoms with van der Waals surface area (Å²) in [5.74, 6) is 2.55. The normalized spacial score (nSPS) is 18.7. The molecule has 0 aliphatic carbocycles. The standard InChI is InChI=1S/C14H18N4O/c1-10-3-5-13(19-10)12-4-6-14(17-16-12)18(2)11-7-8-15-9-11/h3-6,11,15H,7-9H2,1-2H3. The number of nitrogens with one attached hydrogen (secondary N) is 1. The van der Waals surface area contributed by atoms with Crippen molar-refractivity contribution in [2.75, 3.05) is 25.0 Å². The van der Waals surface area contributed by atoms with Gasteiger partial charge >= 0.3 is 0 Å². The highest BCUT2D eigenvalue weighted by Gasteiger charge is 2.20. The van der Waals surface area contributed by atoms with E-state index in [0.29, 0.717) is 6.04 Å². The molecule has 1 saturated heterocycles. The van der Waals surface area contributed by atoms with E-state index < -0.39 is 0 Å². The summed E-state index contributed by atoms with van der Waals surface area (Å²) in [6.45, 7) is 4.01. The zero-order valence-corrected chi connectivity index (χ0v) is 11.3. The zero-order chi connectivity index (χ0) is 13.2. The van der Waals surface area contributed by atoms with Crippen LogP contribution in [0.3, 0.4) is 0 Å². The molecule has 0 radical (unpaired) electrons. The van der Waals surface area contributed by atoms with Gasteiger partial charge in [0.1, 0.15) is 11.5 Å². The Labute approximate surface area is 112 Å². The van der Waals surface area contributed by atoms with Crippen LogP contribution < -0.4 is 10.2 Å². The number of anilines is 1. The van der Waals surface area contributed by atoms with Crippen LogP contribution in [0.25, 0.3) is 11.5 Å². The molecule has 1 aliphatic rings. The maximum atomic E-state index is 5.54. The minimum atomic E-state index is 0.506. The Balaban J connectivity index is 1.78. The molecule has 2 aromatic rings. The Kier molecular flexibility index (Phi) is 3.21. The fraction of sp³-hybridized carbons (Fsp3) is 0.429. The van der Waals surface area contributed by atoms with Gasteiger partial charge in [-0.1, -0.05) is 0 Å². The van der Waals surface area contributed by atoms with Gasteiger partial charge in [-0.25, -0.2) is 0 Å². The SMILES string of the molecule is Cc1ccc(-c2ccc(N(C)C3CCNC3)nn2)o1. The van der Waals surface area contributed by atoms with Gasteiger partial charge in [0, 0.05) is 19.6 Å². The molecular formula is C14H18N4O. The fourth-order valence-electron chi connectivity index (χ4n) is 2.37. The Morgan fingerprint density at radius 2 is 2.16 bits per heavy atom. The zero-order valence-electron chi connectivity index (χ0n) is 11.3. The molecule has 19 heavy (non-hydrogen) atoms. The first-order valence-corrected chi connectivity index (χ1v) is 6.58. The summed E-state index contributed by atoms with van der Waals surface area (Å²) in [6.07, 6.45) is 1.15. The van der Waals surface area contributed by atoms with E-state index in [2.05, 4.69) is 27.5 Å². The van der Waals surface area contributed by atoms with Crippen LogP contribution in [0.4, 0.5) is 5.82 Å². The number of rotatable bonds is 3. The topological polar surface area (TPSA) is 54.2 Å². The number of hydrogen-bond acceptors (Lipinski definition) is 5. The lowest BCUT2D eigenvalue weighted by Crippen LogP contribution is -2.34. The number of likely N-dealkylation sites (N-methyl/N-ethyl adjacent to an activating group) is 1. The highest BCUT2D eigenvalue weighted by molar-refractivity contribution is 5.53. The van der Waals surface area contributed by atoms with Gasteiger partial charge in [0.05, 0.1) is 0 Å². The second kappa shape index (κ2) is 5.01. The summed E-state index contributed by atoms with van der Waals surface area (Å²) >= 11 is 0. The Morgan fingerprint density at radius 1 is 1.26 bits per heavy atom. The maximum Gasteiger partial charge on any atom is 0.154 e. The molecule has 3 rings (SSSR count). The van der Waals surface area contributed by atoms with Crippen molar-refractivity contribution < 1.29 is 4.42 Å². The smallest absolute Gasteiger partial charge is 0.154 e. The highest BCUT2D eigenvalue weighted by atomic mass is 16.3. The van der Waals surface area contributed by atoms with E-state index in [1.54, 1.807) is 0 Å². The second-order valence-corrected chi connectivity index (χ2v) is 4.94. The number of aryl methyl sites for hydroxylation is 1. The summed E-state index contributed by atoms with van der Waals surface area (Å²) in [6, 6.07) is 8.31. The average molecular weight is 258 g/mol. The second-order valence-electron chi connectivity index (χ2n) is 4.94. The van der Waals surface area contributed by atoms with Crippen LogP contribution in [0.1, 0.15) is 12.2 Å². The molecule has 5 heteroatoms. The summed E-state index contributed by atoms with van der Waals surface area (Å²) in [5.41, 5.74) is 0.773. The number of furan rings is 1. The van der Waals surface area contributed by atoms with E-state index in [0.717, 1.165) is 42.5 Å². The first-order valence-electron chi connectivity index (χ1n) is 6.58. The van der Waals surface area contributed by atoms with Crippen molar-refractivity contribution in [3.63, 3.8) is 0 Å². The van der Waals surface area contributed by atoms with Crippen LogP contribution in [0, 0.1) is 6.92 Å². The molecule has 1 aliphatic heterocycles. The molecular weight excluding hydrogens is 240 g/mol. The van der Waals surface area contributed by atoms with Crippen molar-refractivity contribution >= 4 is 5.82 Å². The molecule has 0 spiro atoms. The monoisotopic (exact) mass is 258 g/mol. The lowest BCUT2D eigenvalue weighted by Gasteiger charge is -2.24. The lowest BCUT2D eigenvalue weighted by molar-refractivity contribution is 0.545. The molecule has 1 atom stereocenters. The summed E-state index contributed by atoms with van der Waals surface area (Å²) in [4.78, 5) is 2.18. The largest absolute Gasteiger partial charge is 0.460 e. The van der Waals surface area contributed by atoms with Crippen LogP contribution in [-0.4, -0.2) is 36.4 Å². The summed E-state index contributed by atoms with van der Waals surface area (Å²) in [7, 11) is 2.07. The van der Waals surface area contributed by atoms with E-state index in [1.165, 1.54) is 0 Å². The predicted molar refractivity (Wildman–Crippen MR) is 74.1 cm³/mol. The van der Waals surface area contributed by atoms with Crippen molar-refractivity contribution in [2.24, 2.45) is 0 Å². The van der Waals surface area contributed by atoms with Gasteiger partial charge in [0.15, 0.2) is 11.6 Å². The predicted octanol–water partition coefficient (Wildman–Crippen LogP) is 1.84. The van der Waals surface area contributed by atoms with E-state index in [-0.39, 0.29) is 0 Å². The lowest BCUT2D eigenvalue weighted by atomic mass is 10.2. The van der Waals surface area contributed by atoms with Crippen LogP contribution in [0.2, 0.25) is 0 Å². The van der Waals surface area contributed by atoms with Gasteiger partial charge in [-0.3, -0.25) is 0 Å². The summed E-state index contributed by atoms with van der Waals surface area (Å²) < 4.78 is 5.54. The molecule has 1 N–H and O–H groups in total. The van der Waals surface area contributed by atoms with E-state index in [1.807, 2.05) is 31.2 Å². The molecule has 0 bridgehead atoms. The van der Waals surface area contributed by atoms with Gasteiger partial charge in [-0.15, -0.1) is 10.2 Å². The molecule has 0 saturated carbocycles. The van der Waals surface area contributed by atoms with Gasteiger partial charge in [0.2, 0.25) is 0 Å². The minimum absolute atomic E-state index is 0.506. The molecule has 1 fully saturated rings. The number of aromatic nitrogens is 2. The molecule has 100 valence electrons. The van der Waals surface area contributed by atoms with E-state index in [4.69, 9.17) is 4.42 Å². The Hall–Kier alpha value is -1.88. The first kappa shape index (κ1) is 12.2. The molecule has 2 aromatic heterocycles. The van der Waals surface area contributed by atoms with Crippen LogP contribution in [0.15, 0.2) is 28.7 Å². The van der Waals surface area contributed by atoms with Crippen molar-refractivity contribution in [1.29, 1.82) is 0 Å². The van der Waals surface area contributed by atoms with Gasteiger partial charge < -0.3 is 14.6 Å². The average Bonchev–Trinajstić information content (AvgIpc) is 3.09. The third-order valence-electron chi connectivity index (χ3n) is 3.59. The third-order valence-corrected chi connectivity index (χ3v) is 3.59. The quantitative estimate of drug-likeness (QED) is 0.910. The van der Waals surface area contributed by atoms with Crippen molar-refractivity contribution in [1.82, 2.24) is 15.5 Å². The minimum Gasteiger partial charge on any atom is -0.460 e. The van der Waals surface area contributed by atoms with Crippen molar-refractivity contribution in [2.45, 2.75) is 19.4 Å². The third kappa shape index (κ3) is 2.46. The molecule has 0 amide bonds. The Morgan fingerprint density at radius 3 is 2.74 bits per heavy atom. The molecule has 1 unspecified atom stereocenters. The highest BCUT2D eigenvalue weighted by Crippen LogP contribution is 2.21. The van der Waals surface area contributed by atoms with E-state index in [9.17, 15) is 0 Å².